The molecule has 4 nitrogen and oxygen atoms in total. The zero-order chi connectivity index (χ0) is 10.3. The van der Waals surface area contributed by atoms with Crippen LogP contribution in [-0.4, -0.2) is 33.5 Å². The lowest BCUT2D eigenvalue weighted by atomic mass is 10.00. The number of fused-ring (bicyclic) bond motifs is 2. The molecule has 0 aromatic carbocycles. The summed E-state index contributed by atoms with van der Waals surface area (Å²) in [6, 6.07) is 4.87. The van der Waals surface area contributed by atoms with E-state index in [-0.39, 0.29) is 6.10 Å². The molecule has 2 atom stereocenters. The molecule has 2 bridgehead atoms. The Morgan fingerprint density at radius 3 is 2.60 bits per heavy atom. The third-order valence-electron chi connectivity index (χ3n) is 3.53. The van der Waals surface area contributed by atoms with Crippen molar-refractivity contribution in [1.29, 1.82) is 0 Å². The normalized spacial score (nSPS) is 34.5. The second-order valence-corrected chi connectivity index (χ2v) is 4.50. The average Bonchev–Trinajstić information content (AvgIpc) is 2.53. The predicted molar refractivity (Wildman–Crippen MR) is 56.6 cm³/mol. The molecule has 2 aliphatic heterocycles. The Morgan fingerprint density at radius 1 is 1.27 bits per heavy atom. The van der Waals surface area contributed by atoms with E-state index in [0.717, 1.165) is 18.7 Å². The summed E-state index contributed by atoms with van der Waals surface area (Å²) in [4.78, 5) is 2.35. The lowest BCUT2D eigenvalue weighted by Gasteiger charge is -2.37. The minimum atomic E-state index is -0.115. The monoisotopic (exact) mass is 205 g/mol. The number of nitrogens with zero attached hydrogens (tertiary/aromatic N) is 3. The van der Waals surface area contributed by atoms with Gasteiger partial charge in [-0.15, -0.1) is 5.10 Å². The molecule has 0 saturated carbocycles. The van der Waals surface area contributed by atoms with E-state index >= 15 is 0 Å². The first kappa shape index (κ1) is 9.09. The molecule has 2 unspecified atom stereocenters. The second kappa shape index (κ2) is 3.45. The molecule has 2 aliphatic rings. The molecule has 0 radical (unpaired) electrons. The van der Waals surface area contributed by atoms with Crippen molar-refractivity contribution >= 4 is 5.82 Å². The van der Waals surface area contributed by atoms with Crippen LogP contribution in [0.5, 0.6) is 0 Å². The summed E-state index contributed by atoms with van der Waals surface area (Å²) in [6.45, 7) is 0. The van der Waals surface area contributed by atoms with Gasteiger partial charge in [-0.2, -0.15) is 5.10 Å². The van der Waals surface area contributed by atoms with E-state index in [9.17, 15) is 5.11 Å². The van der Waals surface area contributed by atoms with Gasteiger partial charge in [-0.25, -0.2) is 0 Å². The number of aliphatic hydroxyl groups is 1. The van der Waals surface area contributed by atoms with Crippen molar-refractivity contribution in [3.05, 3.63) is 18.3 Å². The summed E-state index contributed by atoms with van der Waals surface area (Å²) < 4.78 is 0. The molecule has 15 heavy (non-hydrogen) atoms. The van der Waals surface area contributed by atoms with Gasteiger partial charge in [-0.3, -0.25) is 0 Å². The molecular weight excluding hydrogens is 190 g/mol. The van der Waals surface area contributed by atoms with Crippen LogP contribution in [0.4, 0.5) is 5.82 Å². The molecule has 2 fully saturated rings. The van der Waals surface area contributed by atoms with Gasteiger partial charge in [-0.05, 0) is 37.8 Å². The lowest BCUT2D eigenvalue weighted by molar-refractivity contribution is 0.126. The Balaban J connectivity index is 1.89. The highest BCUT2D eigenvalue weighted by Crippen LogP contribution is 2.38. The smallest absolute Gasteiger partial charge is 0.151 e. The summed E-state index contributed by atoms with van der Waals surface area (Å²) >= 11 is 0. The molecule has 0 aliphatic carbocycles. The van der Waals surface area contributed by atoms with Gasteiger partial charge in [0.2, 0.25) is 0 Å². The molecule has 80 valence electrons. The number of aliphatic hydroxyl groups excluding tert-OH is 1. The van der Waals surface area contributed by atoms with Crippen LogP contribution in [0.25, 0.3) is 0 Å². The summed E-state index contributed by atoms with van der Waals surface area (Å²) in [6.07, 6.45) is 5.71. The fraction of sp³-hybridized carbons (Fsp3) is 0.636. The van der Waals surface area contributed by atoms with Gasteiger partial charge in [-0.1, -0.05) is 0 Å². The van der Waals surface area contributed by atoms with Crippen LogP contribution in [-0.2, 0) is 0 Å². The summed E-state index contributed by atoms with van der Waals surface area (Å²) in [7, 11) is 0. The minimum absolute atomic E-state index is 0.115. The summed E-state index contributed by atoms with van der Waals surface area (Å²) in [5.74, 6) is 0.969. The fourth-order valence-electron chi connectivity index (χ4n) is 2.95. The number of hydrogen-bond acceptors (Lipinski definition) is 4. The maximum Gasteiger partial charge on any atom is 0.151 e. The van der Waals surface area contributed by atoms with Gasteiger partial charge >= 0.3 is 0 Å². The maximum atomic E-state index is 9.69. The number of piperidine rings is 1. The molecule has 0 spiro atoms. The average molecular weight is 205 g/mol. The predicted octanol–water partition coefficient (Wildman–Crippen LogP) is 0.969. The van der Waals surface area contributed by atoms with Crippen molar-refractivity contribution in [2.45, 2.75) is 43.9 Å². The third kappa shape index (κ3) is 1.49. The van der Waals surface area contributed by atoms with Gasteiger partial charge < -0.3 is 10.0 Å². The van der Waals surface area contributed by atoms with Gasteiger partial charge in [0.15, 0.2) is 5.82 Å². The Hall–Kier alpha value is -1.16. The first-order chi connectivity index (χ1) is 7.34. The Bertz CT molecular complexity index is 329. The first-order valence-corrected chi connectivity index (χ1v) is 5.58. The van der Waals surface area contributed by atoms with Crippen molar-refractivity contribution in [3.63, 3.8) is 0 Å². The highest BCUT2D eigenvalue weighted by atomic mass is 16.3. The van der Waals surface area contributed by atoms with Gasteiger partial charge in [0.25, 0.3) is 0 Å². The lowest BCUT2D eigenvalue weighted by Crippen LogP contribution is -2.45. The van der Waals surface area contributed by atoms with Crippen LogP contribution >= 0.6 is 0 Å². The molecular formula is C11H15N3O. The van der Waals surface area contributed by atoms with E-state index in [4.69, 9.17) is 0 Å². The van der Waals surface area contributed by atoms with E-state index in [1.807, 2.05) is 12.1 Å². The van der Waals surface area contributed by atoms with Gasteiger partial charge in [0.05, 0.1) is 6.10 Å². The number of anilines is 1. The van der Waals surface area contributed by atoms with Crippen LogP contribution in [0.2, 0.25) is 0 Å². The zero-order valence-electron chi connectivity index (χ0n) is 8.58. The minimum Gasteiger partial charge on any atom is -0.393 e. The second-order valence-electron chi connectivity index (χ2n) is 4.50. The molecule has 1 N–H and O–H groups in total. The number of aromatic nitrogens is 2. The Labute approximate surface area is 88.9 Å². The van der Waals surface area contributed by atoms with E-state index < -0.39 is 0 Å². The van der Waals surface area contributed by atoms with Crippen LogP contribution in [0.15, 0.2) is 18.3 Å². The van der Waals surface area contributed by atoms with E-state index in [1.54, 1.807) is 6.20 Å². The van der Waals surface area contributed by atoms with E-state index in [0.29, 0.717) is 12.1 Å². The van der Waals surface area contributed by atoms with Crippen LogP contribution < -0.4 is 4.90 Å². The standard InChI is InChI=1S/C11H15N3O/c15-10-6-8-3-4-9(7-10)14(8)11-2-1-5-12-13-11/h1-2,5,8-10,15H,3-4,6-7H2. The zero-order valence-corrected chi connectivity index (χ0v) is 8.58. The summed E-state index contributed by atoms with van der Waals surface area (Å²) in [5, 5.41) is 17.8. The molecule has 3 heterocycles. The van der Waals surface area contributed by atoms with E-state index in [1.165, 1.54) is 12.8 Å². The molecule has 2 saturated heterocycles. The third-order valence-corrected chi connectivity index (χ3v) is 3.53. The molecule has 3 rings (SSSR count). The number of hydrogen-bond donors (Lipinski definition) is 1. The molecule has 4 heteroatoms. The molecule has 0 amide bonds. The number of rotatable bonds is 1. The van der Waals surface area contributed by atoms with Crippen molar-refractivity contribution in [2.24, 2.45) is 0 Å². The largest absolute Gasteiger partial charge is 0.393 e. The topological polar surface area (TPSA) is 49.2 Å². The van der Waals surface area contributed by atoms with Gasteiger partial charge in [0.1, 0.15) is 0 Å². The van der Waals surface area contributed by atoms with Crippen LogP contribution in [0.1, 0.15) is 25.7 Å². The van der Waals surface area contributed by atoms with Gasteiger partial charge in [0, 0.05) is 18.3 Å². The Kier molecular flexibility index (Phi) is 2.09. The van der Waals surface area contributed by atoms with Crippen molar-refractivity contribution < 1.29 is 5.11 Å². The van der Waals surface area contributed by atoms with Crippen LogP contribution in [0.3, 0.4) is 0 Å². The Morgan fingerprint density at radius 2 is 2.00 bits per heavy atom. The maximum absolute atomic E-state index is 9.69. The summed E-state index contributed by atoms with van der Waals surface area (Å²) in [5.41, 5.74) is 0. The SMILES string of the molecule is OC1CC2CCC(C1)N2c1cccnn1. The van der Waals surface area contributed by atoms with Crippen molar-refractivity contribution in [1.82, 2.24) is 10.2 Å². The van der Waals surface area contributed by atoms with Crippen molar-refractivity contribution in [3.8, 4) is 0 Å². The molecule has 1 aromatic rings. The van der Waals surface area contributed by atoms with E-state index in [2.05, 4.69) is 15.1 Å². The quantitative estimate of drug-likeness (QED) is 0.742. The first-order valence-electron chi connectivity index (χ1n) is 5.58. The molecule has 1 aromatic heterocycles. The highest BCUT2D eigenvalue weighted by Gasteiger charge is 2.40. The van der Waals surface area contributed by atoms with Crippen molar-refractivity contribution in [2.75, 3.05) is 4.90 Å². The van der Waals surface area contributed by atoms with Crippen LogP contribution in [0, 0.1) is 0 Å². The fourth-order valence-corrected chi connectivity index (χ4v) is 2.95. The highest BCUT2D eigenvalue weighted by molar-refractivity contribution is 5.42.